The molecule has 0 aliphatic rings. The molecule has 0 radical (unpaired) electrons. The smallest absolute Gasteiger partial charge is 0.354 e. The van der Waals surface area contributed by atoms with Crippen molar-refractivity contribution in [2.75, 3.05) is 0 Å². The van der Waals surface area contributed by atoms with Gasteiger partial charge in [0, 0.05) is 6.20 Å². The van der Waals surface area contributed by atoms with E-state index in [4.69, 9.17) is 5.11 Å². The first-order valence-corrected chi connectivity index (χ1v) is 3.97. The highest BCUT2D eigenvalue weighted by Crippen LogP contribution is 2.12. The molecule has 5 nitrogen and oxygen atoms in total. The summed E-state index contributed by atoms with van der Waals surface area (Å²) in [5.41, 5.74) is 1.30. The van der Waals surface area contributed by atoms with Crippen molar-refractivity contribution in [1.82, 2.24) is 15.2 Å². The lowest BCUT2D eigenvalue weighted by atomic mass is 10.2. The topological polar surface area (TPSA) is 78.9 Å². The molecular weight excluding hydrogens is 218 g/mol. The van der Waals surface area contributed by atoms with Gasteiger partial charge in [-0.25, -0.2) is 9.78 Å². The molecule has 0 fully saturated rings. The highest BCUT2D eigenvalue weighted by atomic mass is 35.5. The van der Waals surface area contributed by atoms with Crippen LogP contribution in [0.5, 0.6) is 0 Å². The van der Waals surface area contributed by atoms with Gasteiger partial charge in [0.15, 0.2) is 0 Å². The lowest BCUT2D eigenvalue weighted by molar-refractivity contribution is 0.0690. The first kappa shape index (κ1) is 11.2. The van der Waals surface area contributed by atoms with Gasteiger partial charge in [-0.05, 0) is 18.2 Å². The normalized spacial score (nSPS) is 9.33. The molecule has 2 aromatic heterocycles. The predicted octanol–water partition coefficient (Wildman–Crippen LogP) is 1.59. The largest absolute Gasteiger partial charge is 0.477 e. The van der Waals surface area contributed by atoms with Gasteiger partial charge in [-0.1, -0.05) is 6.07 Å². The van der Waals surface area contributed by atoms with E-state index in [1.807, 2.05) is 0 Å². The number of aromatic nitrogens is 3. The number of carboxylic acid groups (broad SMARTS) is 1. The fraction of sp³-hybridized carbons (Fsp3) is 0. The van der Waals surface area contributed by atoms with Crippen LogP contribution in [-0.4, -0.2) is 26.3 Å². The van der Waals surface area contributed by atoms with E-state index in [-0.39, 0.29) is 18.1 Å². The standard InChI is InChI=1S/C9H7N3O2.ClH/c13-9(14)8-3-1-2-6(11-8)7-4-5-10-12-7;/h1-5H,(H,10,12)(H,13,14);1H. The summed E-state index contributed by atoms with van der Waals surface area (Å²) in [4.78, 5) is 14.6. The summed E-state index contributed by atoms with van der Waals surface area (Å²) in [5, 5.41) is 15.2. The number of hydrogen-bond donors (Lipinski definition) is 2. The zero-order chi connectivity index (χ0) is 9.97. The fourth-order valence-corrected chi connectivity index (χ4v) is 1.10. The van der Waals surface area contributed by atoms with E-state index in [0.29, 0.717) is 11.4 Å². The first-order chi connectivity index (χ1) is 6.77. The number of H-pyrrole nitrogens is 1. The third-order valence-corrected chi connectivity index (χ3v) is 1.74. The summed E-state index contributed by atoms with van der Waals surface area (Å²) in [6, 6.07) is 6.54. The van der Waals surface area contributed by atoms with Crippen LogP contribution in [0.2, 0.25) is 0 Å². The van der Waals surface area contributed by atoms with Gasteiger partial charge < -0.3 is 5.11 Å². The number of carbonyl (C=O) groups is 1. The number of carboxylic acids is 1. The van der Waals surface area contributed by atoms with Crippen LogP contribution in [0.4, 0.5) is 0 Å². The monoisotopic (exact) mass is 225 g/mol. The molecule has 0 saturated heterocycles. The van der Waals surface area contributed by atoms with Gasteiger partial charge >= 0.3 is 5.97 Å². The van der Waals surface area contributed by atoms with Crippen molar-refractivity contribution in [3.63, 3.8) is 0 Å². The molecule has 0 aromatic carbocycles. The van der Waals surface area contributed by atoms with Gasteiger partial charge in [-0.3, -0.25) is 5.10 Å². The molecule has 2 aromatic rings. The third kappa shape index (κ3) is 2.32. The number of pyridine rings is 1. The van der Waals surface area contributed by atoms with Gasteiger partial charge in [0.05, 0.1) is 11.4 Å². The van der Waals surface area contributed by atoms with E-state index < -0.39 is 5.97 Å². The summed E-state index contributed by atoms with van der Waals surface area (Å²) in [5.74, 6) is -1.04. The summed E-state index contributed by atoms with van der Waals surface area (Å²) in [6.07, 6.45) is 1.59. The second kappa shape index (κ2) is 4.56. The summed E-state index contributed by atoms with van der Waals surface area (Å²) < 4.78 is 0. The Bertz CT molecular complexity index is 456. The molecule has 0 atom stereocenters. The van der Waals surface area contributed by atoms with Crippen molar-refractivity contribution in [2.45, 2.75) is 0 Å². The molecule has 78 valence electrons. The van der Waals surface area contributed by atoms with Crippen LogP contribution in [0.25, 0.3) is 11.4 Å². The molecule has 0 amide bonds. The van der Waals surface area contributed by atoms with Gasteiger partial charge in [-0.15, -0.1) is 12.4 Å². The fourth-order valence-electron chi connectivity index (χ4n) is 1.10. The Balaban J connectivity index is 0.00000112. The van der Waals surface area contributed by atoms with Crippen LogP contribution < -0.4 is 0 Å². The lowest BCUT2D eigenvalue weighted by Crippen LogP contribution is -2.00. The first-order valence-electron chi connectivity index (χ1n) is 3.97. The van der Waals surface area contributed by atoms with Gasteiger partial charge in [0.25, 0.3) is 0 Å². The molecule has 0 saturated carbocycles. The zero-order valence-corrected chi connectivity index (χ0v) is 8.36. The minimum absolute atomic E-state index is 0. The van der Waals surface area contributed by atoms with E-state index in [0.717, 1.165) is 0 Å². The van der Waals surface area contributed by atoms with Crippen LogP contribution >= 0.6 is 12.4 Å². The van der Waals surface area contributed by atoms with E-state index in [9.17, 15) is 4.79 Å². The molecule has 0 spiro atoms. The number of hydrogen-bond acceptors (Lipinski definition) is 3. The Hall–Kier alpha value is -1.88. The van der Waals surface area contributed by atoms with Crippen molar-refractivity contribution >= 4 is 18.4 Å². The maximum Gasteiger partial charge on any atom is 0.354 e. The van der Waals surface area contributed by atoms with E-state index >= 15 is 0 Å². The molecule has 0 unspecified atom stereocenters. The Morgan fingerprint density at radius 2 is 2.13 bits per heavy atom. The minimum Gasteiger partial charge on any atom is -0.477 e. The summed E-state index contributed by atoms with van der Waals surface area (Å²) in [7, 11) is 0. The van der Waals surface area contributed by atoms with Crippen LogP contribution in [-0.2, 0) is 0 Å². The maximum atomic E-state index is 10.6. The van der Waals surface area contributed by atoms with Crippen LogP contribution in [0, 0.1) is 0 Å². The maximum absolute atomic E-state index is 10.6. The number of rotatable bonds is 2. The summed E-state index contributed by atoms with van der Waals surface area (Å²) in [6.45, 7) is 0. The Morgan fingerprint density at radius 1 is 1.33 bits per heavy atom. The Labute approximate surface area is 91.6 Å². The van der Waals surface area contributed by atoms with Gasteiger partial charge in [-0.2, -0.15) is 5.10 Å². The molecule has 15 heavy (non-hydrogen) atoms. The molecular formula is C9H8ClN3O2. The second-order valence-electron chi connectivity index (χ2n) is 2.68. The van der Waals surface area contributed by atoms with Crippen molar-refractivity contribution in [3.05, 3.63) is 36.2 Å². The minimum atomic E-state index is -1.04. The molecule has 0 bridgehead atoms. The van der Waals surface area contributed by atoms with Crippen molar-refractivity contribution < 1.29 is 9.90 Å². The van der Waals surface area contributed by atoms with E-state index in [1.54, 1.807) is 24.4 Å². The number of nitrogens with zero attached hydrogens (tertiary/aromatic N) is 2. The Morgan fingerprint density at radius 3 is 2.73 bits per heavy atom. The zero-order valence-electron chi connectivity index (χ0n) is 7.54. The van der Waals surface area contributed by atoms with Gasteiger partial charge in [0.1, 0.15) is 5.69 Å². The van der Waals surface area contributed by atoms with Gasteiger partial charge in [0.2, 0.25) is 0 Å². The van der Waals surface area contributed by atoms with Crippen molar-refractivity contribution in [3.8, 4) is 11.4 Å². The quantitative estimate of drug-likeness (QED) is 0.814. The van der Waals surface area contributed by atoms with Crippen molar-refractivity contribution in [1.29, 1.82) is 0 Å². The van der Waals surface area contributed by atoms with E-state index in [2.05, 4.69) is 15.2 Å². The highest BCUT2D eigenvalue weighted by Gasteiger charge is 2.06. The van der Waals surface area contributed by atoms with Crippen LogP contribution in [0.15, 0.2) is 30.5 Å². The SMILES string of the molecule is Cl.O=C(O)c1cccc(-c2ccn[nH]2)n1. The number of aromatic amines is 1. The second-order valence-corrected chi connectivity index (χ2v) is 2.68. The molecule has 0 aliphatic heterocycles. The van der Waals surface area contributed by atoms with Crippen LogP contribution in [0.3, 0.4) is 0 Å². The van der Waals surface area contributed by atoms with Crippen LogP contribution in [0.1, 0.15) is 10.5 Å². The molecule has 2 heterocycles. The summed E-state index contributed by atoms with van der Waals surface area (Å²) >= 11 is 0. The third-order valence-electron chi connectivity index (χ3n) is 1.74. The lowest BCUT2D eigenvalue weighted by Gasteiger charge is -1.97. The average molecular weight is 226 g/mol. The van der Waals surface area contributed by atoms with E-state index in [1.165, 1.54) is 6.07 Å². The predicted molar refractivity (Wildman–Crippen MR) is 56.0 cm³/mol. The number of aromatic carboxylic acids is 1. The number of nitrogens with one attached hydrogen (secondary N) is 1. The number of halogens is 1. The molecule has 6 heteroatoms. The Kier molecular flexibility index (Phi) is 3.41. The molecule has 0 aliphatic carbocycles. The molecule has 2 N–H and O–H groups in total. The molecule has 2 rings (SSSR count). The average Bonchev–Trinajstić information content (AvgIpc) is 2.71. The highest BCUT2D eigenvalue weighted by molar-refractivity contribution is 5.86. The van der Waals surface area contributed by atoms with Crippen molar-refractivity contribution in [2.24, 2.45) is 0 Å².